The topological polar surface area (TPSA) is 55.1 Å². The molecule has 2 atom stereocenters. The van der Waals surface area contributed by atoms with Gasteiger partial charge in [-0.1, -0.05) is 41.1 Å². The van der Waals surface area contributed by atoms with E-state index in [0.717, 1.165) is 16.5 Å². The van der Waals surface area contributed by atoms with Crippen LogP contribution in [0.4, 0.5) is 0 Å². The van der Waals surface area contributed by atoms with Gasteiger partial charge in [-0.2, -0.15) is 0 Å². The molecule has 0 radical (unpaired) electrons. The lowest BCUT2D eigenvalue weighted by molar-refractivity contribution is -0.125. The van der Waals surface area contributed by atoms with Crippen molar-refractivity contribution < 1.29 is 4.79 Å². The summed E-state index contributed by atoms with van der Waals surface area (Å²) in [6, 6.07) is 7.87. The number of hydrogen-bond donors (Lipinski definition) is 2. The molecule has 0 aliphatic heterocycles. The van der Waals surface area contributed by atoms with E-state index in [-0.39, 0.29) is 17.9 Å². The summed E-state index contributed by atoms with van der Waals surface area (Å²) in [4.78, 5) is 11.9. The first-order valence-corrected chi connectivity index (χ1v) is 6.64. The van der Waals surface area contributed by atoms with E-state index in [4.69, 9.17) is 5.73 Å². The second-order valence-corrected chi connectivity index (χ2v) is 4.95. The molecule has 0 spiro atoms. The third kappa shape index (κ3) is 3.82. The highest BCUT2D eigenvalue weighted by Crippen LogP contribution is 2.23. The maximum absolute atomic E-state index is 11.9. The van der Waals surface area contributed by atoms with Gasteiger partial charge in [-0.15, -0.1) is 0 Å². The van der Waals surface area contributed by atoms with Crippen LogP contribution in [0.1, 0.15) is 31.9 Å². The Hall–Kier alpha value is -0.870. The van der Waals surface area contributed by atoms with E-state index in [1.54, 1.807) is 0 Å². The van der Waals surface area contributed by atoms with E-state index in [2.05, 4.69) is 21.2 Å². The molecule has 0 heterocycles. The van der Waals surface area contributed by atoms with Crippen LogP contribution in [0.15, 0.2) is 28.7 Å². The molecule has 0 bridgehead atoms. The van der Waals surface area contributed by atoms with Gasteiger partial charge in [-0.25, -0.2) is 0 Å². The Kier molecular flexibility index (Phi) is 5.65. The fraction of sp³-hybridized carbons (Fsp3) is 0.462. The summed E-state index contributed by atoms with van der Waals surface area (Å²) in [6.45, 7) is 4.34. The lowest BCUT2D eigenvalue weighted by Gasteiger charge is -2.19. The van der Waals surface area contributed by atoms with Crippen molar-refractivity contribution in [1.82, 2.24) is 5.32 Å². The van der Waals surface area contributed by atoms with Crippen molar-refractivity contribution in [3.63, 3.8) is 0 Å². The van der Waals surface area contributed by atoms with Crippen LogP contribution in [0.25, 0.3) is 0 Å². The van der Waals surface area contributed by atoms with Gasteiger partial charge in [-0.3, -0.25) is 4.79 Å². The quantitative estimate of drug-likeness (QED) is 0.878. The highest BCUT2D eigenvalue weighted by molar-refractivity contribution is 9.10. The van der Waals surface area contributed by atoms with Gasteiger partial charge in [0, 0.05) is 16.9 Å². The lowest BCUT2D eigenvalue weighted by Crippen LogP contribution is -2.36. The molecule has 0 aliphatic rings. The Morgan fingerprint density at radius 2 is 2.12 bits per heavy atom. The number of nitrogens with two attached hydrogens (primary N) is 1. The number of nitrogens with one attached hydrogen (secondary N) is 1. The Labute approximate surface area is 111 Å². The van der Waals surface area contributed by atoms with Gasteiger partial charge in [-0.05, 0) is 25.0 Å². The van der Waals surface area contributed by atoms with Crippen molar-refractivity contribution in [3.05, 3.63) is 34.3 Å². The maximum atomic E-state index is 11.9. The predicted molar refractivity (Wildman–Crippen MR) is 73.5 cm³/mol. The summed E-state index contributed by atoms with van der Waals surface area (Å²) >= 11 is 3.48. The van der Waals surface area contributed by atoms with E-state index < -0.39 is 0 Å². The Bertz CT molecular complexity index is 377. The third-order valence-corrected chi connectivity index (χ3v) is 3.60. The molecular weight excluding hydrogens is 280 g/mol. The number of halogens is 1. The van der Waals surface area contributed by atoms with Crippen LogP contribution in [-0.2, 0) is 4.79 Å². The van der Waals surface area contributed by atoms with Gasteiger partial charge >= 0.3 is 0 Å². The molecule has 3 nitrogen and oxygen atoms in total. The summed E-state index contributed by atoms with van der Waals surface area (Å²) in [5, 5.41) is 2.99. The zero-order chi connectivity index (χ0) is 12.8. The number of benzene rings is 1. The Morgan fingerprint density at radius 3 is 2.65 bits per heavy atom. The third-order valence-electron chi connectivity index (χ3n) is 2.88. The first-order valence-electron chi connectivity index (χ1n) is 5.85. The molecule has 0 saturated carbocycles. The van der Waals surface area contributed by atoms with Gasteiger partial charge in [0.2, 0.25) is 5.91 Å². The Morgan fingerprint density at radius 1 is 1.47 bits per heavy atom. The van der Waals surface area contributed by atoms with Crippen LogP contribution in [0.2, 0.25) is 0 Å². The fourth-order valence-electron chi connectivity index (χ4n) is 1.69. The summed E-state index contributed by atoms with van der Waals surface area (Å²) < 4.78 is 1.01. The van der Waals surface area contributed by atoms with Crippen LogP contribution in [-0.4, -0.2) is 12.5 Å². The molecule has 0 aromatic heterocycles. The largest absolute Gasteiger partial charge is 0.349 e. The first kappa shape index (κ1) is 14.2. The molecule has 17 heavy (non-hydrogen) atoms. The standard InChI is InChI=1S/C13H19BrN2O/c1-3-10(8-15)13(17)16-9(2)11-6-4-5-7-12(11)14/h4-7,9-10H,3,8,15H2,1-2H3,(H,16,17)/t9-,10?/m1/s1. The molecule has 3 N–H and O–H groups in total. The lowest BCUT2D eigenvalue weighted by atomic mass is 10.0. The average Bonchev–Trinajstić information content (AvgIpc) is 2.31. The molecule has 0 fully saturated rings. The van der Waals surface area contributed by atoms with Gasteiger partial charge in [0.25, 0.3) is 0 Å². The number of amides is 1. The molecule has 0 aliphatic carbocycles. The van der Waals surface area contributed by atoms with Gasteiger partial charge in [0.05, 0.1) is 6.04 Å². The number of hydrogen-bond acceptors (Lipinski definition) is 2. The normalized spacial score (nSPS) is 14.1. The molecule has 1 aromatic rings. The zero-order valence-corrected chi connectivity index (χ0v) is 11.8. The minimum Gasteiger partial charge on any atom is -0.349 e. The molecular formula is C13H19BrN2O. The summed E-state index contributed by atoms with van der Waals surface area (Å²) in [5.74, 6) is -0.0711. The number of carbonyl (C=O) groups excluding carboxylic acids is 1. The first-order chi connectivity index (χ1) is 8.10. The molecule has 4 heteroatoms. The summed E-state index contributed by atoms with van der Waals surface area (Å²) in [7, 11) is 0. The second-order valence-electron chi connectivity index (χ2n) is 4.09. The maximum Gasteiger partial charge on any atom is 0.224 e. The molecule has 1 rings (SSSR count). The Balaban J connectivity index is 2.70. The van der Waals surface area contributed by atoms with Crippen molar-refractivity contribution in [2.45, 2.75) is 26.3 Å². The van der Waals surface area contributed by atoms with Crippen molar-refractivity contribution in [1.29, 1.82) is 0 Å². The summed E-state index contributed by atoms with van der Waals surface area (Å²) in [6.07, 6.45) is 0.769. The number of carbonyl (C=O) groups is 1. The molecule has 1 amide bonds. The monoisotopic (exact) mass is 298 g/mol. The van der Waals surface area contributed by atoms with Crippen molar-refractivity contribution in [2.24, 2.45) is 11.7 Å². The molecule has 1 unspecified atom stereocenters. The van der Waals surface area contributed by atoms with Gasteiger partial charge < -0.3 is 11.1 Å². The minimum absolute atomic E-state index is 0.0151. The van der Waals surface area contributed by atoms with E-state index in [9.17, 15) is 4.79 Å². The van der Waals surface area contributed by atoms with Crippen LogP contribution in [0.5, 0.6) is 0 Å². The zero-order valence-electron chi connectivity index (χ0n) is 10.2. The van der Waals surface area contributed by atoms with Crippen molar-refractivity contribution in [3.8, 4) is 0 Å². The predicted octanol–water partition coefficient (Wildman–Crippen LogP) is 2.61. The SMILES string of the molecule is CCC(CN)C(=O)N[C@H](C)c1ccccc1Br. The molecule has 94 valence electrons. The second kappa shape index (κ2) is 6.77. The van der Waals surface area contributed by atoms with E-state index in [1.807, 2.05) is 38.1 Å². The van der Waals surface area contributed by atoms with Crippen LogP contribution in [0, 0.1) is 5.92 Å². The van der Waals surface area contributed by atoms with E-state index in [0.29, 0.717) is 6.54 Å². The smallest absolute Gasteiger partial charge is 0.224 e. The summed E-state index contributed by atoms with van der Waals surface area (Å²) in [5.41, 5.74) is 6.64. The van der Waals surface area contributed by atoms with E-state index >= 15 is 0 Å². The van der Waals surface area contributed by atoms with Crippen LogP contribution in [0.3, 0.4) is 0 Å². The molecule has 0 saturated heterocycles. The highest BCUT2D eigenvalue weighted by atomic mass is 79.9. The van der Waals surface area contributed by atoms with E-state index in [1.165, 1.54) is 0 Å². The van der Waals surface area contributed by atoms with Crippen molar-refractivity contribution in [2.75, 3.05) is 6.54 Å². The van der Waals surface area contributed by atoms with Crippen molar-refractivity contribution >= 4 is 21.8 Å². The number of rotatable bonds is 5. The minimum atomic E-state index is -0.0973. The fourth-order valence-corrected chi connectivity index (χ4v) is 2.32. The van der Waals surface area contributed by atoms with Gasteiger partial charge in [0.1, 0.15) is 0 Å². The molecule has 1 aromatic carbocycles. The van der Waals surface area contributed by atoms with Crippen LogP contribution < -0.4 is 11.1 Å². The average molecular weight is 299 g/mol. The van der Waals surface area contributed by atoms with Gasteiger partial charge in [0.15, 0.2) is 0 Å². The van der Waals surface area contributed by atoms with Crippen LogP contribution >= 0.6 is 15.9 Å². The highest BCUT2D eigenvalue weighted by Gasteiger charge is 2.18.